The number of ether oxygens (including phenoxy) is 1. The van der Waals surface area contributed by atoms with Gasteiger partial charge in [-0.1, -0.05) is 20.8 Å². The second-order valence-electron chi connectivity index (χ2n) is 4.70. The number of hydrogen-bond acceptors (Lipinski definition) is 3. The first-order chi connectivity index (χ1) is 8.19. The standard InChI is InChI=1S/C14H31NO2/c1-5-13(6-2)15(11-12-17-4)10-8-9-14(16)7-3/h13-14,16H,5-12H2,1-4H3. The Bertz CT molecular complexity index is 160. The monoisotopic (exact) mass is 245 g/mol. The van der Waals surface area contributed by atoms with Gasteiger partial charge in [0.05, 0.1) is 12.7 Å². The number of hydrogen-bond donors (Lipinski definition) is 1. The van der Waals surface area contributed by atoms with E-state index < -0.39 is 0 Å². The first kappa shape index (κ1) is 16.9. The van der Waals surface area contributed by atoms with Crippen molar-refractivity contribution in [2.45, 2.75) is 65.0 Å². The molecule has 1 N–H and O–H groups in total. The van der Waals surface area contributed by atoms with E-state index in [1.54, 1.807) is 7.11 Å². The minimum atomic E-state index is -0.124. The highest BCUT2D eigenvalue weighted by molar-refractivity contribution is 4.69. The van der Waals surface area contributed by atoms with Crippen molar-refractivity contribution in [3.05, 3.63) is 0 Å². The first-order valence-corrected chi connectivity index (χ1v) is 7.10. The molecule has 0 saturated heterocycles. The fourth-order valence-corrected chi connectivity index (χ4v) is 2.22. The molecule has 0 rings (SSSR count). The summed E-state index contributed by atoms with van der Waals surface area (Å²) in [5.74, 6) is 0. The van der Waals surface area contributed by atoms with Gasteiger partial charge in [0.25, 0.3) is 0 Å². The molecule has 0 fully saturated rings. The normalized spacial score (nSPS) is 13.6. The third-order valence-electron chi connectivity index (χ3n) is 3.50. The van der Waals surface area contributed by atoms with E-state index in [9.17, 15) is 5.11 Å². The Balaban J connectivity index is 3.99. The number of aliphatic hydroxyl groups excluding tert-OH is 1. The molecule has 0 heterocycles. The van der Waals surface area contributed by atoms with Crippen molar-refractivity contribution in [2.75, 3.05) is 26.8 Å². The molecule has 0 aliphatic heterocycles. The van der Waals surface area contributed by atoms with Crippen LogP contribution in [0.2, 0.25) is 0 Å². The molecule has 0 saturated carbocycles. The van der Waals surface area contributed by atoms with Crippen molar-refractivity contribution in [3.63, 3.8) is 0 Å². The van der Waals surface area contributed by atoms with Crippen molar-refractivity contribution in [2.24, 2.45) is 0 Å². The van der Waals surface area contributed by atoms with Gasteiger partial charge < -0.3 is 9.84 Å². The summed E-state index contributed by atoms with van der Waals surface area (Å²) >= 11 is 0. The summed E-state index contributed by atoms with van der Waals surface area (Å²) in [5, 5.41) is 9.56. The first-order valence-electron chi connectivity index (χ1n) is 7.10. The van der Waals surface area contributed by atoms with Gasteiger partial charge in [0.15, 0.2) is 0 Å². The van der Waals surface area contributed by atoms with Gasteiger partial charge in [-0.2, -0.15) is 0 Å². The lowest BCUT2D eigenvalue weighted by Gasteiger charge is -2.30. The highest BCUT2D eigenvalue weighted by atomic mass is 16.5. The zero-order chi connectivity index (χ0) is 13.1. The van der Waals surface area contributed by atoms with Crippen LogP contribution in [0.25, 0.3) is 0 Å². The van der Waals surface area contributed by atoms with Crippen molar-refractivity contribution >= 4 is 0 Å². The lowest BCUT2D eigenvalue weighted by atomic mass is 10.1. The van der Waals surface area contributed by atoms with Crippen molar-refractivity contribution in [1.82, 2.24) is 4.90 Å². The molecule has 1 atom stereocenters. The molecule has 0 aliphatic carbocycles. The molecular formula is C14H31NO2. The van der Waals surface area contributed by atoms with Crippen LogP contribution in [0.1, 0.15) is 52.9 Å². The van der Waals surface area contributed by atoms with Crippen LogP contribution in [-0.4, -0.2) is 49.0 Å². The maximum Gasteiger partial charge on any atom is 0.0589 e. The van der Waals surface area contributed by atoms with Gasteiger partial charge in [0.2, 0.25) is 0 Å². The lowest BCUT2D eigenvalue weighted by molar-refractivity contribution is 0.104. The molecule has 104 valence electrons. The van der Waals surface area contributed by atoms with Gasteiger partial charge >= 0.3 is 0 Å². The van der Waals surface area contributed by atoms with E-state index in [1.165, 1.54) is 12.8 Å². The minimum absolute atomic E-state index is 0.124. The Labute approximate surface area is 107 Å². The molecule has 1 unspecified atom stereocenters. The highest BCUT2D eigenvalue weighted by Crippen LogP contribution is 2.11. The predicted molar refractivity (Wildman–Crippen MR) is 73.4 cm³/mol. The van der Waals surface area contributed by atoms with Crippen molar-refractivity contribution in [1.29, 1.82) is 0 Å². The predicted octanol–water partition coefficient (Wildman–Crippen LogP) is 2.67. The number of rotatable bonds is 11. The molecule has 0 aliphatic rings. The molecule has 3 nitrogen and oxygen atoms in total. The summed E-state index contributed by atoms with van der Waals surface area (Å²) in [6.45, 7) is 9.41. The Morgan fingerprint density at radius 1 is 1.06 bits per heavy atom. The summed E-state index contributed by atoms with van der Waals surface area (Å²) < 4.78 is 5.17. The van der Waals surface area contributed by atoms with E-state index in [0.29, 0.717) is 6.04 Å². The Hall–Kier alpha value is -0.120. The Morgan fingerprint density at radius 2 is 1.71 bits per heavy atom. The molecule has 0 radical (unpaired) electrons. The quantitative estimate of drug-likeness (QED) is 0.607. The zero-order valence-corrected chi connectivity index (χ0v) is 12.1. The van der Waals surface area contributed by atoms with E-state index in [0.717, 1.165) is 39.0 Å². The minimum Gasteiger partial charge on any atom is -0.393 e. The van der Waals surface area contributed by atoms with Crippen LogP contribution in [0.15, 0.2) is 0 Å². The van der Waals surface area contributed by atoms with Crippen LogP contribution >= 0.6 is 0 Å². The molecule has 0 aromatic heterocycles. The second-order valence-corrected chi connectivity index (χ2v) is 4.70. The lowest BCUT2D eigenvalue weighted by Crippen LogP contribution is -2.38. The summed E-state index contributed by atoms with van der Waals surface area (Å²) in [7, 11) is 1.76. The smallest absolute Gasteiger partial charge is 0.0589 e. The fourth-order valence-electron chi connectivity index (χ4n) is 2.22. The van der Waals surface area contributed by atoms with E-state index >= 15 is 0 Å². The molecule has 0 aromatic carbocycles. The summed E-state index contributed by atoms with van der Waals surface area (Å²) in [6, 6.07) is 0.656. The van der Waals surface area contributed by atoms with Gasteiger partial charge in [-0.3, -0.25) is 4.90 Å². The second kappa shape index (κ2) is 11.0. The average molecular weight is 245 g/mol. The summed E-state index contributed by atoms with van der Waals surface area (Å²) in [5.41, 5.74) is 0. The SMILES string of the molecule is CCC(O)CCCN(CCOC)C(CC)CC. The molecule has 3 heteroatoms. The van der Waals surface area contributed by atoms with Crippen LogP contribution in [0.5, 0.6) is 0 Å². The van der Waals surface area contributed by atoms with E-state index in [4.69, 9.17) is 4.74 Å². The van der Waals surface area contributed by atoms with Crippen molar-refractivity contribution < 1.29 is 9.84 Å². The van der Waals surface area contributed by atoms with Gasteiger partial charge in [-0.05, 0) is 38.6 Å². The molecule has 17 heavy (non-hydrogen) atoms. The number of nitrogens with zero attached hydrogens (tertiary/aromatic N) is 1. The largest absolute Gasteiger partial charge is 0.393 e. The van der Waals surface area contributed by atoms with Crippen LogP contribution in [-0.2, 0) is 4.74 Å². The van der Waals surface area contributed by atoms with E-state index in [1.807, 2.05) is 6.92 Å². The third-order valence-corrected chi connectivity index (χ3v) is 3.50. The van der Waals surface area contributed by atoms with Crippen molar-refractivity contribution in [3.8, 4) is 0 Å². The molecule has 0 amide bonds. The number of methoxy groups -OCH3 is 1. The summed E-state index contributed by atoms with van der Waals surface area (Å²) in [4.78, 5) is 2.51. The van der Waals surface area contributed by atoms with Crippen LogP contribution in [0, 0.1) is 0 Å². The average Bonchev–Trinajstić information content (AvgIpc) is 2.36. The van der Waals surface area contributed by atoms with Gasteiger partial charge in [-0.15, -0.1) is 0 Å². The van der Waals surface area contributed by atoms with Gasteiger partial charge in [0, 0.05) is 19.7 Å². The van der Waals surface area contributed by atoms with Crippen LogP contribution in [0.3, 0.4) is 0 Å². The van der Waals surface area contributed by atoms with Crippen LogP contribution in [0.4, 0.5) is 0 Å². The third kappa shape index (κ3) is 7.74. The van der Waals surface area contributed by atoms with Crippen LogP contribution < -0.4 is 0 Å². The topological polar surface area (TPSA) is 32.7 Å². The maximum absolute atomic E-state index is 9.56. The highest BCUT2D eigenvalue weighted by Gasteiger charge is 2.14. The molecule has 0 aromatic rings. The maximum atomic E-state index is 9.56. The van der Waals surface area contributed by atoms with E-state index in [-0.39, 0.29) is 6.10 Å². The fraction of sp³-hybridized carbons (Fsp3) is 1.00. The summed E-state index contributed by atoms with van der Waals surface area (Å²) in [6.07, 6.45) is 5.12. The van der Waals surface area contributed by atoms with Gasteiger partial charge in [0.1, 0.15) is 0 Å². The van der Waals surface area contributed by atoms with Gasteiger partial charge in [-0.25, -0.2) is 0 Å². The Morgan fingerprint density at radius 3 is 2.18 bits per heavy atom. The number of aliphatic hydroxyl groups is 1. The van der Waals surface area contributed by atoms with E-state index in [2.05, 4.69) is 18.7 Å². The zero-order valence-electron chi connectivity index (χ0n) is 12.1. The molecule has 0 spiro atoms. The Kier molecular flexibility index (Phi) is 10.9. The molecule has 0 bridgehead atoms. The molecular weight excluding hydrogens is 214 g/mol.